The molecule has 3 rings (SSSR count). The number of hydrogen-bond donors (Lipinski definition) is 1. The number of rotatable bonds is 4. The molecule has 0 bridgehead atoms. The molecule has 1 aliphatic rings. The average molecular weight is 368 g/mol. The highest BCUT2D eigenvalue weighted by Crippen LogP contribution is 2.23. The van der Waals surface area contributed by atoms with Crippen LogP contribution in [0, 0.1) is 0 Å². The van der Waals surface area contributed by atoms with Gasteiger partial charge in [-0.1, -0.05) is 36.4 Å². The van der Waals surface area contributed by atoms with E-state index in [1.54, 1.807) is 0 Å². The smallest absolute Gasteiger partial charge is 0.323 e. The predicted molar refractivity (Wildman–Crippen MR) is 103 cm³/mol. The number of likely N-dealkylation sites (tertiary alicyclic amines) is 1. The van der Waals surface area contributed by atoms with E-state index in [-0.39, 0.29) is 24.4 Å². The van der Waals surface area contributed by atoms with Gasteiger partial charge in [0.1, 0.15) is 6.54 Å². The number of carbonyl (C=O) groups excluding carboxylic acids is 2. The van der Waals surface area contributed by atoms with Crippen molar-refractivity contribution in [3.05, 3.63) is 48.0 Å². The molecule has 1 N–H and O–H groups in total. The number of hydrogen-bond acceptors (Lipinski definition) is 3. The van der Waals surface area contributed by atoms with Gasteiger partial charge in [0.25, 0.3) is 5.91 Å². The second-order valence-electron chi connectivity index (χ2n) is 6.94. The van der Waals surface area contributed by atoms with Crippen LogP contribution in [-0.4, -0.2) is 58.4 Å². The monoisotopic (exact) mass is 368 g/mol. The second kappa shape index (κ2) is 8.20. The minimum absolute atomic E-state index is 0.0138. The molecule has 0 aromatic heterocycles. The van der Waals surface area contributed by atoms with E-state index in [9.17, 15) is 14.4 Å². The van der Waals surface area contributed by atoms with Crippen LogP contribution in [0.4, 0.5) is 0 Å². The maximum Gasteiger partial charge on any atom is 0.323 e. The number of carbonyl (C=O) groups is 3. The lowest BCUT2D eigenvalue weighted by atomic mass is 10.0. The summed E-state index contributed by atoms with van der Waals surface area (Å²) in [6.07, 6.45) is 2.03. The van der Waals surface area contributed by atoms with Crippen molar-refractivity contribution in [1.29, 1.82) is 0 Å². The van der Waals surface area contributed by atoms with Crippen LogP contribution in [0.2, 0.25) is 0 Å². The molecule has 1 atom stereocenters. The van der Waals surface area contributed by atoms with Gasteiger partial charge in [-0.3, -0.25) is 14.4 Å². The Hall–Kier alpha value is -2.89. The Bertz CT molecular complexity index is 859. The molecule has 6 heteroatoms. The number of fused-ring (bicyclic) bond motifs is 1. The molecule has 142 valence electrons. The van der Waals surface area contributed by atoms with Crippen molar-refractivity contribution < 1.29 is 19.5 Å². The van der Waals surface area contributed by atoms with Gasteiger partial charge in [-0.2, -0.15) is 0 Å². The van der Waals surface area contributed by atoms with E-state index in [1.165, 1.54) is 11.8 Å². The second-order valence-corrected chi connectivity index (χ2v) is 6.94. The lowest BCUT2D eigenvalue weighted by Crippen LogP contribution is -2.43. The molecule has 6 nitrogen and oxygen atoms in total. The van der Waals surface area contributed by atoms with Crippen molar-refractivity contribution >= 4 is 28.6 Å². The van der Waals surface area contributed by atoms with Crippen LogP contribution in [0.1, 0.15) is 36.5 Å². The van der Waals surface area contributed by atoms with Gasteiger partial charge in [0.2, 0.25) is 5.91 Å². The Balaban J connectivity index is 1.76. The normalized spacial score (nSPS) is 17.4. The number of aliphatic carboxylic acids is 1. The van der Waals surface area contributed by atoms with Crippen molar-refractivity contribution in [3.8, 4) is 0 Å². The standard InChI is InChI=1S/C21H24N2O4/c1-15(24)23(14-20(25)26)17-8-5-12-22(13-11-17)21(27)19-10-4-7-16-6-2-3-9-18(16)19/h2-4,6-7,9-10,17H,5,8,11-14H2,1H3,(H,25,26). The minimum Gasteiger partial charge on any atom is -0.480 e. The van der Waals surface area contributed by atoms with E-state index < -0.39 is 5.97 Å². The van der Waals surface area contributed by atoms with E-state index in [2.05, 4.69) is 0 Å². The zero-order chi connectivity index (χ0) is 19.4. The molecule has 0 spiro atoms. The summed E-state index contributed by atoms with van der Waals surface area (Å²) < 4.78 is 0. The fourth-order valence-electron chi connectivity index (χ4n) is 3.82. The molecule has 0 saturated carbocycles. The lowest BCUT2D eigenvalue weighted by Gasteiger charge is -2.29. The number of carboxylic acid groups (broad SMARTS) is 1. The van der Waals surface area contributed by atoms with Crippen molar-refractivity contribution in [2.24, 2.45) is 0 Å². The molecule has 27 heavy (non-hydrogen) atoms. The lowest BCUT2D eigenvalue weighted by molar-refractivity contribution is -0.145. The molecule has 2 amide bonds. The van der Waals surface area contributed by atoms with Crippen LogP contribution in [0.5, 0.6) is 0 Å². The highest BCUT2D eigenvalue weighted by molar-refractivity contribution is 6.07. The summed E-state index contributed by atoms with van der Waals surface area (Å²) in [7, 11) is 0. The Morgan fingerprint density at radius 1 is 1.07 bits per heavy atom. The number of amides is 2. The molecule has 1 unspecified atom stereocenters. The van der Waals surface area contributed by atoms with Crippen LogP contribution in [0.15, 0.2) is 42.5 Å². The van der Waals surface area contributed by atoms with Crippen LogP contribution in [0.25, 0.3) is 10.8 Å². The molecule has 1 saturated heterocycles. The van der Waals surface area contributed by atoms with Crippen molar-refractivity contribution in [2.75, 3.05) is 19.6 Å². The summed E-state index contributed by atoms with van der Waals surface area (Å²) in [5.74, 6) is -1.27. The molecule has 1 heterocycles. The Kier molecular flexibility index (Phi) is 5.74. The Labute approximate surface area is 158 Å². The summed E-state index contributed by atoms with van der Waals surface area (Å²) >= 11 is 0. The zero-order valence-electron chi connectivity index (χ0n) is 15.4. The quantitative estimate of drug-likeness (QED) is 0.900. The van der Waals surface area contributed by atoms with Gasteiger partial charge in [-0.15, -0.1) is 0 Å². The first-order valence-corrected chi connectivity index (χ1v) is 9.23. The maximum atomic E-state index is 13.1. The van der Waals surface area contributed by atoms with Gasteiger partial charge in [0, 0.05) is 31.6 Å². The van der Waals surface area contributed by atoms with Crippen molar-refractivity contribution in [2.45, 2.75) is 32.2 Å². The van der Waals surface area contributed by atoms with Gasteiger partial charge in [0.05, 0.1) is 0 Å². The highest BCUT2D eigenvalue weighted by atomic mass is 16.4. The molecule has 2 aromatic carbocycles. The number of nitrogens with zero attached hydrogens (tertiary/aromatic N) is 2. The molecular formula is C21H24N2O4. The van der Waals surface area contributed by atoms with Gasteiger partial charge in [0.15, 0.2) is 0 Å². The third kappa shape index (κ3) is 4.27. The largest absolute Gasteiger partial charge is 0.480 e. The molecule has 1 aliphatic heterocycles. The maximum absolute atomic E-state index is 13.1. The van der Waals surface area contributed by atoms with Gasteiger partial charge in [-0.25, -0.2) is 0 Å². The third-order valence-corrected chi connectivity index (χ3v) is 5.16. The van der Waals surface area contributed by atoms with E-state index in [1.807, 2.05) is 47.4 Å². The summed E-state index contributed by atoms with van der Waals surface area (Å²) in [6, 6.07) is 13.4. The van der Waals surface area contributed by atoms with Crippen LogP contribution >= 0.6 is 0 Å². The first-order chi connectivity index (χ1) is 13.0. The third-order valence-electron chi connectivity index (χ3n) is 5.16. The topological polar surface area (TPSA) is 77.9 Å². The summed E-state index contributed by atoms with van der Waals surface area (Å²) in [5.41, 5.74) is 0.681. The fourth-order valence-corrected chi connectivity index (χ4v) is 3.82. The molecular weight excluding hydrogens is 344 g/mol. The molecule has 0 aliphatic carbocycles. The van der Waals surface area contributed by atoms with Gasteiger partial charge in [-0.05, 0) is 36.1 Å². The summed E-state index contributed by atoms with van der Waals surface area (Å²) in [6.45, 7) is 2.22. The zero-order valence-corrected chi connectivity index (χ0v) is 15.4. The van der Waals surface area contributed by atoms with Crippen LogP contribution in [-0.2, 0) is 9.59 Å². The predicted octanol–water partition coefficient (Wildman–Crippen LogP) is 2.77. The Morgan fingerprint density at radius 2 is 1.81 bits per heavy atom. The number of benzene rings is 2. The van der Waals surface area contributed by atoms with Crippen molar-refractivity contribution in [1.82, 2.24) is 9.80 Å². The van der Waals surface area contributed by atoms with E-state index in [0.717, 1.165) is 17.2 Å². The van der Waals surface area contributed by atoms with E-state index in [4.69, 9.17) is 5.11 Å². The summed E-state index contributed by atoms with van der Waals surface area (Å²) in [5, 5.41) is 11.0. The first kappa shape index (κ1) is 18.9. The summed E-state index contributed by atoms with van der Waals surface area (Å²) in [4.78, 5) is 39.3. The fraction of sp³-hybridized carbons (Fsp3) is 0.381. The van der Waals surface area contributed by atoms with Crippen LogP contribution in [0.3, 0.4) is 0 Å². The first-order valence-electron chi connectivity index (χ1n) is 9.23. The molecule has 0 radical (unpaired) electrons. The van der Waals surface area contributed by atoms with E-state index in [0.29, 0.717) is 31.5 Å². The SMILES string of the molecule is CC(=O)N(CC(=O)O)C1CCCN(C(=O)c2cccc3ccccc23)CC1. The van der Waals surface area contributed by atoms with Gasteiger partial charge < -0.3 is 14.9 Å². The van der Waals surface area contributed by atoms with Gasteiger partial charge >= 0.3 is 5.97 Å². The average Bonchev–Trinajstić information content (AvgIpc) is 2.91. The van der Waals surface area contributed by atoms with Crippen LogP contribution < -0.4 is 0 Å². The Morgan fingerprint density at radius 3 is 2.56 bits per heavy atom. The highest BCUT2D eigenvalue weighted by Gasteiger charge is 2.28. The van der Waals surface area contributed by atoms with E-state index >= 15 is 0 Å². The minimum atomic E-state index is -1.02. The number of carboxylic acids is 1. The molecule has 2 aromatic rings. The molecule has 1 fully saturated rings. The van der Waals surface area contributed by atoms with Crippen molar-refractivity contribution in [3.63, 3.8) is 0 Å².